The Morgan fingerprint density at radius 1 is 1.54 bits per heavy atom. The van der Waals surface area contributed by atoms with Crippen LogP contribution in [0.25, 0.3) is 0 Å². The lowest BCUT2D eigenvalue weighted by atomic mass is 9.74. The molecule has 74 valence electrons. The second-order valence-corrected chi connectivity index (χ2v) is 3.80. The highest BCUT2D eigenvalue weighted by molar-refractivity contribution is 5.87. The van der Waals surface area contributed by atoms with Crippen LogP contribution in [0.4, 0.5) is 0 Å². The summed E-state index contributed by atoms with van der Waals surface area (Å²) in [5, 5.41) is 11.4. The third-order valence-electron chi connectivity index (χ3n) is 2.39. The van der Waals surface area contributed by atoms with E-state index in [4.69, 9.17) is 11.0 Å². The van der Waals surface area contributed by atoms with Gasteiger partial charge in [0.1, 0.15) is 5.54 Å². The lowest BCUT2D eigenvalue weighted by molar-refractivity contribution is -0.128. The molecule has 3 N–H and O–H groups in total. The van der Waals surface area contributed by atoms with Gasteiger partial charge in [0, 0.05) is 6.54 Å². The van der Waals surface area contributed by atoms with Crippen molar-refractivity contribution in [2.75, 3.05) is 6.54 Å². The molecular formula is C9H17N3O. The summed E-state index contributed by atoms with van der Waals surface area (Å²) in [5.41, 5.74) is 3.78. The van der Waals surface area contributed by atoms with Crippen LogP contribution in [0.3, 0.4) is 0 Å². The van der Waals surface area contributed by atoms with E-state index in [1.54, 1.807) is 20.8 Å². The van der Waals surface area contributed by atoms with Crippen molar-refractivity contribution >= 4 is 5.91 Å². The van der Waals surface area contributed by atoms with E-state index in [2.05, 4.69) is 5.32 Å². The smallest absolute Gasteiger partial charge is 0.241 e. The van der Waals surface area contributed by atoms with Crippen LogP contribution >= 0.6 is 0 Å². The van der Waals surface area contributed by atoms with Crippen LogP contribution in [0, 0.1) is 16.7 Å². The Labute approximate surface area is 79.1 Å². The fourth-order valence-electron chi connectivity index (χ4n) is 0.744. The van der Waals surface area contributed by atoms with Gasteiger partial charge in [-0.25, -0.2) is 0 Å². The van der Waals surface area contributed by atoms with E-state index in [1.165, 1.54) is 0 Å². The number of carbonyl (C=O) groups excluding carboxylic acids is 1. The first-order valence-electron chi connectivity index (χ1n) is 4.28. The first-order chi connectivity index (χ1) is 5.79. The van der Waals surface area contributed by atoms with Crippen molar-refractivity contribution < 1.29 is 4.79 Å². The summed E-state index contributed by atoms with van der Waals surface area (Å²) in [6.07, 6.45) is 0. The molecule has 0 radical (unpaired) electrons. The maximum atomic E-state index is 11.5. The molecule has 13 heavy (non-hydrogen) atoms. The zero-order chi connectivity index (χ0) is 10.7. The van der Waals surface area contributed by atoms with Gasteiger partial charge in [0.05, 0.1) is 11.5 Å². The third-order valence-corrected chi connectivity index (χ3v) is 2.39. The van der Waals surface area contributed by atoms with Crippen LogP contribution in [0.1, 0.15) is 27.7 Å². The molecule has 1 unspecified atom stereocenters. The maximum Gasteiger partial charge on any atom is 0.241 e. The summed E-state index contributed by atoms with van der Waals surface area (Å²) < 4.78 is 0. The molecule has 0 aliphatic heterocycles. The summed E-state index contributed by atoms with van der Waals surface area (Å²) in [5.74, 6) is -0.290. The summed E-state index contributed by atoms with van der Waals surface area (Å²) >= 11 is 0. The Hall–Kier alpha value is -1.08. The Kier molecular flexibility index (Phi) is 3.44. The quantitative estimate of drug-likeness (QED) is 0.664. The van der Waals surface area contributed by atoms with Crippen molar-refractivity contribution in [2.24, 2.45) is 11.1 Å². The Morgan fingerprint density at radius 3 is 2.31 bits per heavy atom. The van der Waals surface area contributed by atoms with Gasteiger partial charge in [-0.3, -0.25) is 4.79 Å². The highest BCUT2D eigenvalue weighted by atomic mass is 16.2. The summed E-state index contributed by atoms with van der Waals surface area (Å²) in [6, 6.07) is 2.04. The molecule has 0 saturated heterocycles. The van der Waals surface area contributed by atoms with Crippen LogP contribution in [0.15, 0.2) is 0 Å². The summed E-state index contributed by atoms with van der Waals surface area (Å²) in [7, 11) is 0. The van der Waals surface area contributed by atoms with Gasteiger partial charge in [0.2, 0.25) is 5.91 Å². The number of nitrogens with two attached hydrogens (primary N) is 1. The normalized spacial score (nSPS) is 15.7. The standard InChI is InChI=1S/C9H17N3O/c1-5-12-7(13)9(4,11)8(2,3)6-10/h5,11H2,1-4H3,(H,12,13). The van der Waals surface area contributed by atoms with E-state index < -0.39 is 11.0 Å². The topological polar surface area (TPSA) is 78.9 Å². The van der Waals surface area contributed by atoms with E-state index in [1.807, 2.05) is 13.0 Å². The van der Waals surface area contributed by atoms with Crippen LogP contribution in [0.2, 0.25) is 0 Å². The summed E-state index contributed by atoms with van der Waals surface area (Å²) in [6.45, 7) is 7.21. The van der Waals surface area contributed by atoms with E-state index in [0.29, 0.717) is 6.54 Å². The summed E-state index contributed by atoms with van der Waals surface area (Å²) in [4.78, 5) is 11.5. The minimum Gasteiger partial charge on any atom is -0.355 e. The molecule has 4 nitrogen and oxygen atoms in total. The SMILES string of the molecule is CCNC(=O)C(C)(N)C(C)(C)C#N. The van der Waals surface area contributed by atoms with Crippen molar-refractivity contribution in [3.05, 3.63) is 0 Å². The molecule has 0 heterocycles. The number of hydrogen-bond donors (Lipinski definition) is 2. The predicted molar refractivity (Wildman–Crippen MR) is 50.7 cm³/mol. The molecule has 0 fully saturated rings. The monoisotopic (exact) mass is 183 g/mol. The number of nitrogens with one attached hydrogen (secondary N) is 1. The van der Waals surface area contributed by atoms with Crippen molar-refractivity contribution in [3.63, 3.8) is 0 Å². The molecule has 0 aliphatic rings. The molecule has 0 bridgehead atoms. The van der Waals surface area contributed by atoms with Gasteiger partial charge < -0.3 is 11.1 Å². The molecule has 1 amide bonds. The molecule has 0 spiro atoms. The third kappa shape index (κ3) is 2.19. The van der Waals surface area contributed by atoms with E-state index in [0.717, 1.165) is 0 Å². The van der Waals surface area contributed by atoms with E-state index >= 15 is 0 Å². The molecule has 0 aromatic heterocycles. The highest BCUT2D eigenvalue weighted by Gasteiger charge is 2.44. The van der Waals surface area contributed by atoms with E-state index in [-0.39, 0.29) is 5.91 Å². The van der Waals surface area contributed by atoms with E-state index in [9.17, 15) is 4.79 Å². The molecule has 0 saturated carbocycles. The molecule has 0 aliphatic carbocycles. The van der Waals surface area contributed by atoms with Crippen LogP contribution in [-0.4, -0.2) is 18.0 Å². The number of amides is 1. The number of nitrogens with zero attached hydrogens (tertiary/aromatic N) is 1. The second-order valence-electron chi connectivity index (χ2n) is 3.80. The highest BCUT2D eigenvalue weighted by Crippen LogP contribution is 2.27. The van der Waals surface area contributed by atoms with Crippen molar-refractivity contribution in [1.29, 1.82) is 5.26 Å². The average molecular weight is 183 g/mol. The lowest BCUT2D eigenvalue weighted by Gasteiger charge is -2.33. The number of carbonyl (C=O) groups is 1. The Morgan fingerprint density at radius 2 is 2.00 bits per heavy atom. The minimum atomic E-state index is -1.15. The van der Waals surface area contributed by atoms with Crippen molar-refractivity contribution in [2.45, 2.75) is 33.2 Å². The largest absolute Gasteiger partial charge is 0.355 e. The Bertz CT molecular complexity index is 238. The van der Waals surface area contributed by atoms with Gasteiger partial charge in [0.15, 0.2) is 0 Å². The van der Waals surface area contributed by atoms with Crippen LogP contribution in [-0.2, 0) is 4.79 Å². The number of hydrogen-bond acceptors (Lipinski definition) is 3. The molecule has 1 atom stereocenters. The number of rotatable bonds is 3. The lowest BCUT2D eigenvalue weighted by Crippen LogP contribution is -2.60. The number of likely N-dealkylation sites (N-methyl/N-ethyl adjacent to an activating group) is 1. The molecule has 0 aromatic rings. The molecule has 4 heteroatoms. The zero-order valence-corrected chi connectivity index (χ0v) is 8.64. The van der Waals surface area contributed by atoms with Gasteiger partial charge in [-0.2, -0.15) is 5.26 Å². The van der Waals surface area contributed by atoms with Gasteiger partial charge in [-0.05, 0) is 27.7 Å². The predicted octanol–water partition coefficient (Wildman–Crippen LogP) is 0.390. The van der Waals surface area contributed by atoms with Crippen molar-refractivity contribution in [3.8, 4) is 6.07 Å². The minimum absolute atomic E-state index is 0.290. The van der Waals surface area contributed by atoms with Gasteiger partial charge in [-0.15, -0.1) is 0 Å². The second kappa shape index (κ2) is 3.75. The number of nitriles is 1. The Balaban J connectivity index is 4.77. The van der Waals surface area contributed by atoms with Crippen LogP contribution in [0.5, 0.6) is 0 Å². The fourth-order valence-corrected chi connectivity index (χ4v) is 0.744. The zero-order valence-electron chi connectivity index (χ0n) is 8.64. The van der Waals surface area contributed by atoms with Crippen LogP contribution < -0.4 is 11.1 Å². The van der Waals surface area contributed by atoms with Crippen molar-refractivity contribution in [1.82, 2.24) is 5.32 Å². The maximum absolute atomic E-state index is 11.5. The molecular weight excluding hydrogens is 166 g/mol. The fraction of sp³-hybridized carbons (Fsp3) is 0.778. The van der Waals surface area contributed by atoms with Gasteiger partial charge >= 0.3 is 0 Å². The van der Waals surface area contributed by atoms with Gasteiger partial charge in [0.25, 0.3) is 0 Å². The molecule has 0 rings (SSSR count). The van der Waals surface area contributed by atoms with Gasteiger partial charge in [-0.1, -0.05) is 0 Å². The first kappa shape index (κ1) is 11.9. The first-order valence-corrected chi connectivity index (χ1v) is 4.28. The average Bonchev–Trinajstić information content (AvgIpc) is 2.04. The molecule has 0 aromatic carbocycles.